The summed E-state index contributed by atoms with van der Waals surface area (Å²) in [7, 11) is 1.74. The Balaban J connectivity index is 1.14. The SMILES string of the molecule is CN(CCCC(=O)O)C(=O)C12CC(NC(=O)OCC3c4ccccc4-c4ccccc43)CC1C2. The van der Waals surface area contributed by atoms with Crippen LogP contribution in [0.15, 0.2) is 48.5 Å². The van der Waals surface area contributed by atoms with Crippen LogP contribution in [0, 0.1) is 11.3 Å². The maximum atomic E-state index is 13.0. The molecule has 178 valence electrons. The van der Waals surface area contributed by atoms with E-state index in [4.69, 9.17) is 9.84 Å². The van der Waals surface area contributed by atoms with Crippen molar-refractivity contribution < 1.29 is 24.2 Å². The number of hydrogen-bond acceptors (Lipinski definition) is 4. The zero-order chi connectivity index (χ0) is 23.9. The molecule has 2 amide bonds. The number of fused-ring (bicyclic) bond motifs is 4. The second kappa shape index (κ2) is 8.78. The Labute approximate surface area is 199 Å². The van der Waals surface area contributed by atoms with Crippen molar-refractivity contribution in [1.82, 2.24) is 10.2 Å². The van der Waals surface area contributed by atoms with Gasteiger partial charge in [0, 0.05) is 32.0 Å². The summed E-state index contributed by atoms with van der Waals surface area (Å²) >= 11 is 0. The number of nitrogens with zero attached hydrogens (tertiary/aromatic N) is 1. The molecule has 0 bridgehead atoms. The lowest BCUT2D eigenvalue weighted by Crippen LogP contribution is -2.39. The van der Waals surface area contributed by atoms with Crippen LogP contribution in [0.5, 0.6) is 0 Å². The molecule has 0 aliphatic heterocycles. The van der Waals surface area contributed by atoms with Crippen molar-refractivity contribution in [2.75, 3.05) is 20.2 Å². The topological polar surface area (TPSA) is 95.9 Å². The van der Waals surface area contributed by atoms with Crippen LogP contribution in [-0.4, -0.2) is 54.2 Å². The quantitative estimate of drug-likeness (QED) is 0.618. The van der Waals surface area contributed by atoms with Crippen molar-refractivity contribution in [2.24, 2.45) is 11.3 Å². The highest BCUT2D eigenvalue weighted by atomic mass is 16.5. The highest BCUT2D eigenvalue weighted by molar-refractivity contribution is 5.87. The van der Waals surface area contributed by atoms with E-state index in [1.807, 2.05) is 24.3 Å². The van der Waals surface area contributed by atoms with Crippen LogP contribution in [0.4, 0.5) is 4.79 Å². The summed E-state index contributed by atoms with van der Waals surface area (Å²) in [5.41, 5.74) is 4.33. The van der Waals surface area contributed by atoms with E-state index in [-0.39, 0.29) is 36.8 Å². The van der Waals surface area contributed by atoms with E-state index in [1.54, 1.807) is 11.9 Å². The molecule has 3 aliphatic carbocycles. The molecule has 7 nitrogen and oxygen atoms in total. The first kappa shape index (κ1) is 22.4. The molecule has 0 radical (unpaired) electrons. The van der Waals surface area contributed by atoms with Crippen LogP contribution in [0.2, 0.25) is 0 Å². The fraction of sp³-hybridized carbons (Fsp3) is 0.444. The van der Waals surface area contributed by atoms with Gasteiger partial charge >= 0.3 is 12.1 Å². The van der Waals surface area contributed by atoms with Crippen LogP contribution < -0.4 is 5.32 Å². The zero-order valence-corrected chi connectivity index (χ0v) is 19.3. The van der Waals surface area contributed by atoms with Gasteiger partial charge in [-0.2, -0.15) is 0 Å². The van der Waals surface area contributed by atoms with E-state index in [1.165, 1.54) is 22.3 Å². The number of hydrogen-bond donors (Lipinski definition) is 2. The number of benzene rings is 2. The molecule has 2 saturated carbocycles. The summed E-state index contributed by atoms with van der Waals surface area (Å²) in [6.45, 7) is 0.705. The van der Waals surface area contributed by atoms with E-state index in [0.717, 1.165) is 12.8 Å². The summed E-state index contributed by atoms with van der Waals surface area (Å²) in [6, 6.07) is 16.4. The minimum Gasteiger partial charge on any atom is -0.481 e. The minimum absolute atomic E-state index is 0.0162. The standard InChI is InChI=1S/C27H30N2O5/c1-29(12-6-11-24(30)31)25(32)27-14-17(27)13-18(15-27)28-26(33)34-16-23-21-9-4-2-7-19(21)20-8-3-5-10-22(20)23/h2-5,7-10,17-18,23H,6,11-16H2,1H3,(H,28,33)(H,30,31). The van der Waals surface area contributed by atoms with Gasteiger partial charge in [0.05, 0.1) is 5.41 Å². The summed E-state index contributed by atoms with van der Waals surface area (Å²) in [5, 5.41) is 11.8. The number of alkyl carbamates (subject to hydrolysis) is 1. The number of nitrogens with one attached hydrogen (secondary N) is 1. The van der Waals surface area contributed by atoms with Crippen molar-refractivity contribution in [3.05, 3.63) is 59.7 Å². The van der Waals surface area contributed by atoms with Crippen LogP contribution in [0.25, 0.3) is 11.1 Å². The average molecular weight is 463 g/mol. The van der Waals surface area contributed by atoms with Crippen molar-refractivity contribution in [2.45, 2.75) is 44.1 Å². The molecular weight excluding hydrogens is 432 g/mol. The van der Waals surface area contributed by atoms with E-state index in [9.17, 15) is 14.4 Å². The molecule has 2 aromatic rings. The zero-order valence-electron chi connectivity index (χ0n) is 19.3. The van der Waals surface area contributed by atoms with Gasteiger partial charge in [-0.25, -0.2) is 4.79 Å². The highest BCUT2D eigenvalue weighted by Gasteiger charge is 2.65. The lowest BCUT2D eigenvalue weighted by atomic mass is 9.98. The van der Waals surface area contributed by atoms with Gasteiger partial charge in [0.2, 0.25) is 5.91 Å². The van der Waals surface area contributed by atoms with E-state index in [0.29, 0.717) is 19.4 Å². The Morgan fingerprint density at radius 1 is 1.06 bits per heavy atom. The number of amides is 2. The predicted molar refractivity (Wildman–Crippen MR) is 126 cm³/mol. The third-order valence-electron chi connectivity index (χ3n) is 7.73. The van der Waals surface area contributed by atoms with Crippen LogP contribution in [0.1, 0.15) is 49.1 Å². The minimum atomic E-state index is -0.850. The Morgan fingerprint density at radius 3 is 2.35 bits per heavy atom. The first-order valence-electron chi connectivity index (χ1n) is 12.0. The molecule has 3 unspecified atom stereocenters. The van der Waals surface area contributed by atoms with Gasteiger partial charge in [-0.1, -0.05) is 48.5 Å². The lowest BCUT2D eigenvalue weighted by Gasteiger charge is -2.24. The normalized spacial score (nSPS) is 24.0. The van der Waals surface area contributed by atoms with E-state index < -0.39 is 17.5 Å². The van der Waals surface area contributed by atoms with Crippen LogP contribution >= 0.6 is 0 Å². The maximum Gasteiger partial charge on any atom is 0.407 e. The number of carboxylic acids is 1. The molecule has 0 saturated heterocycles. The molecule has 7 heteroatoms. The number of ether oxygens (including phenoxy) is 1. The Morgan fingerprint density at radius 2 is 1.71 bits per heavy atom. The summed E-state index contributed by atoms with van der Waals surface area (Å²) in [4.78, 5) is 38.0. The number of carboxylic acid groups (broad SMARTS) is 1. The fourth-order valence-electron chi connectivity index (χ4n) is 6.02. The molecule has 3 aliphatic rings. The second-order valence-corrected chi connectivity index (χ2v) is 9.89. The molecule has 2 fully saturated rings. The van der Waals surface area contributed by atoms with Crippen molar-refractivity contribution in [1.29, 1.82) is 0 Å². The molecule has 5 rings (SSSR count). The van der Waals surface area contributed by atoms with Gasteiger partial charge in [0.1, 0.15) is 6.61 Å². The predicted octanol–water partition coefficient (Wildman–Crippen LogP) is 4.02. The highest BCUT2D eigenvalue weighted by Crippen LogP contribution is 2.64. The second-order valence-electron chi connectivity index (χ2n) is 9.89. The average Bonchev–Trinajstić information content (AvgIpc) is 3.25. The summed E-state index contributed by atoms with van der Waals surface area (Å²) in [6.07, 6.45) is 2.30. The molecule has 34 heavy (non-hydrogen) atoms. The fourth-order valence-corrected chi connectivity index (χ4v) is 6.02. The third-order valence-corrected chi connectivity index (χ3v) is 7.73. The molecule has 0 aromatic heterocycles. The van der Waals surface area contributed by atoms with Gasteiger partial charge in [0.25, 0.3) is 0 Å². The molecule has 2 N–H and O–H groups in total. The maximum absolute atomic E-state index is 13.0. The lowest BCUT2D eigenvalue weighted by molar-refractivity contribution is -0.139. The van der Waals surface area contributed by atoms with Crippen LogP contribution in [0.3, 0.4) is 0 Å². The van der Waals surface area contributed by atoms with Crippen molar-refractivity contribution in [3.8, 4) is 11.1 Å². The summed E-state index contributed by atoms with van der Waals surface area (Å²) in [5.74, 6) is -0.487. The molecule has 0 heterocycles. The molecule has 0 spiro atoms. The number of aliphatic carboxylic acids is 1. The molecule has 2 aromatic carbocycles. The monoisotopic (exact) mass is 462 g/mol. The number of carbonyl (C=O) groups excluding carboxylic acids is 2. The smallest absolute Gasteiger partial charge is 0.407 e. The van der Waals surface area contributed by atoms with Crippen molar-refractivity contribution in [3.63, 3.8) is 0 Å². The summed E-state index contributed by atoms with van der Waals surface area (Å²) < 4.78 is 5.67. The van der Waals surface area contributed by atoms with Gasteiger partial charge < -0.3 is 20.1 Å². The van der Waals surface area contributed by atoms with Gasteiger partial charge in [-0.05, 0) is 53.9 Å². The number of carbonyl (C=O) groups is 3. The largest absolute Gasteiger partial charge is 0.481 e. The van der Waals surface area contributed by atoms with Gasteiger partial charge in [-0.3, -0.25) is 9.59 Å². The molecular formula is C27H30N2O5. The van der Waals surface area contributed by atoms with E-state index in [2.05, 4.69) is 29.6 Å². The Bertz CT molecular complexity index is 1090. The first-order valence-corrected chi connectivity index (χ1v) is 12.0. The Kier molecular flexibility index (Phi) is 5.80. The Hall–Kier alpha value is -3.35. The van der Waals surface area contributed by atoms with Crippen LogP contribution in [-0.2, 0) is 14.3 Å². The number of rotatable bonds is 8. The van der Waals surface area contributed by atoms with Gasteiger partial charge in [0.15, 0.2) is 0 Å². The third kappa shape index (κ3) is 4.04. The molecule has 3 atom stereocenters. The van der Waals surface area contributed by atoms with Gasteiger partial charge in [-0.15, -0.1) is 0 Å². The first-order chi connectivity index (χ1) is 16.4. The van der Waals surface area contributed by atoms with E-state index >= 15 is 0 Å². The van der Waals surface area contributed by atoms with Crippen molar-refractivity contribution >= 4 is 18.0 Å².